The van der Waals surface area contributed by atoms with Crippen LogP contribution in [0.25, 0.3) is 0 Å². The van der Waals surface area contributed by atoms with Crippen molar-refractivity contribution in [2.45, 2.75) is 25.4 Å². The van der Waals surface area contributed by atoms with Crippen LogP contribution >= 0.6 is 0 Å². The second-order valence-corrected chi connectivity index (χ2v) is 4.44. The van der Waals surface area contributed by atoms with Crippen molar-refractivity contribution in [1.29, 1.82) is 0 Å². The van der Waals surface area contributed by atoms with E-state index in [9.17, 15) is 9.59 Å². The molecule has 3 atom stereocenters. The SMILES string of the molecule is CC(=O)NC1NC(=O)C2NCN(COCCO)C2N1. The zero-order valence-corrected chi connectivity index (χ0v) is 10.7. The van der Waals surface area contributed by atoms with Gasteiger partial charge in [-0.15, -0.1) is 0 Å². The number of nitrogens with zero attached hydrogens (tertiary/aromatic N) is 1. The van der Waals surface area contributed by atoms with Gasteiger partial charge in [0.2, 0.25) is 11.8 Å². The van der Waals surface area contributed by atoms with Gasteiger partial charge in [0, 0.05) is 6.92 Å². The van der Waals surface area contributed by atoms with Crippen LogP contribution in [0.15, 0.2) is 0 Å². The molecule has 2 fully saturated rings. The molecule has 0 radical (unpaired) electrons. The van der Waals surface area contributed by atoms with E-state index in [0.29, 0.717) is 13.4 Å². The van der Waals surface area contributed by atoms with Crippen molar-refractivity contribution >= 4 is 11.8 Å². The number of ether oxygens (including phenoxy) is 1. The van der Waals surface area contributed by atoms with E-state index in [1.807, 2.05) is 4.90 Å². The van der Waals surface area contributed by atoms with Gasteiger partial charge in [-0.25, -0.2) is 0 Å². The van der Waals surface area contributed by atoms with Crippen molar-refractivity contribution in [1.82, 2.24) is 26.2 Å². The van der Waals surface area contributed by atoms with Gasteiger partial charge in [-0.1, -0.05) is 0 Å². The molecule has 0 bridgehead atoms. The molecule has 2 saturated heterocycles. The number of aliphatic hydroxyl groups excluding tert-OH is 1. The summed E-state index contributed by atoms with van der Waals surface area (Å²) >= 11 is 0. The van der Waals surface area contributed by atoms with Crippen LogP contribution in [0.4, 0.5) is 0 Å². The number of aliphatic hydroxyl groups is 1. The van der Waals surface area contributed by atoms with Crippen molar-refractivity contribution in [3.63, 3.8) is 0 Å². The van der Waals surface area contributed by atoms with Crippen LogP contribution in [-0.2, 0) is 14.3 Å². The lowest BCUT2D eigenvalue weighted by atomic mass is 10.2. The van der Waals surface area contributed by atoms with Gasteiger partial charge in [0.05, 0.1) is 26.0 Å². The topological polar surface area (TPSA) is 115 Å². The summed E-state index contributed by atoms with van der Waals surface area (Å²) in [5, 5.41) is 20.1. The molecule has 2 aliphatic rings. The molecular formula is C10H19N5O4. The van der Waals surface area contributed by atoms with Gasteiger partial charge in [0.25, 0.3) is 0 Å². The molecule has 0 aromatic carbocycles. The van der Waals surface area contributed by atoms with Crippen LogP contribution in [-0.4, -0.2) is 66.9 Å². The lowest BCUT2D eigenvalue weighted by Crippen LogP contribution is -2.71. The Morgan fingerprint density at radius 2 is 2.42 bits per heavy atom. The molecule has 108 valence electrons. The van der Waals surface area contributed by atoms with Crippen molar-refractivity contribution in [3.05, 3.63) is 0 Å². The number of fused-ring (bicyclic) bond motifs is 1. The monoisotopic (exact) mass is 273 g/mol. The summed E-state index contributed by atoms with van der Waals surface area (Å²) < 4.78 is 5.24. The zero-order valence-electron chi connectivity index (χ0n) is 10.7. The molecule has 0 aromatic rings. The molecule has 0 aromatic heterocycles. The Hall–Kier alpha value is -1.26. The van der Waals surface area contributed by atoms with Crippen LogP contribution in [0, 0.1) is 0 Å². The standard InChI is InChI=1S/C10H19N5O4/c1-6(17)12-10-13-8-7(9(18)14-10)11-4-15(8)5-19-3-2-16/h7-8,10-11,13,16H,2-5H2,1H3,(H,12,17)(H,14,18). The number of nitrogens with one attached hydrogen (secondary N) is 4. The Morgan fingerprint density at radius 3 is 3.11 bits per heavy atom. The largest absolute Gasteiger partial charge is 0.394 e. The first kappa shape index (κ1) is 14.2. The van der Waals surface area contributed by atoms with Crippen molar-refractivity contribution in [2.24, 2.45) is 0 Å². The fourth-order valence-corrected chi connectivity index (χ4v) is 2.17. The predicted molar refractivity (Wildman–Crippen MR) is 64.2 cm³/mol. The smallest absolute Gasteiger partial charge is 0.242 e. The van der Waals surface area contributed by atoms with E-state index in [1.165, 1.54) is 6.92 Å². The Morgan fingerprint density at radius 1 is 1.63 bits per heavy atom. The number of carbonyl (C=O) groups excluding carboxylic acids is 2. The summed E-state index contributed by atoms with van der Waals surface area (Å²) in [5.74, 6) is -0.405. The molecule has 9 nitrogen and oxygen atoms in total. The Kier molecular flexibility index (Phi) is 4.66. The number of rotatable bonds is 5. The molecule has 19 heavy (non-hydrogen) atoms. The Bertz CT molecular complexity index is 353. The maximum atomic E-state index is 11.9. The van der Waals surface area contributed by atoms with Crippen LogP contribution in [0.3, 0.4) is 0 Å². The van der Waals surface area contributed by atoms with Gasteiger partial charge in [0.15, 0.2) is 6.29 Å². The lowest BCUT2D eigenvalue weighted by Gasteiger charge is -2.36. The summed E-state index contributed by atoms with van der Waals surface area (Å²) in [6, 6.07) is -0.386. The molecule has 2 amide bonds. The van der Waals surface area contributed by atoms with Crippen molar-refractivity contribution < 1.29 is 19.4 Å². The minimum atomic E-state index is -0.591. The third kappa shape index (κ3) is 3.39. The van der Waals surface area contributed by atoms with E-state index >= 15 is 0 Å². The van der Waals surface area contributed by atoms with E-state index < -0.39 is 6.29 Å². The molecule has 2 aliphatic heterocycles. The highest BCUT2D eigenvalue weighted by Crippen LogP contribution is 2.13. The highest BCUT2D eigenvalue weighted by atomic mass is 16.5. The van der Waals surface area contributed by atoms with Crippen LogP contribution in [0.2, 0.25) is 0 Å². The highest BCUT2D eigenvalue weighted by Gasteiger charge is 2.43. The lowest BCUT2D eigenvalue weighted by molar-refractivity contribution is -0.129. The first-order valence-electron chi connectivity index (χ1n) is 6.11. The summed E-state index contributed by atoms with van der Waals surface area (Å²) in [4.78, 5) is 24.8. The minimum Gasteiger partial charge on any atom is -0.394 e. The molecule has 0 saturated carbocycles. The van der Waals surface area contributed by atoms with Gasteiger partial charge in [0.1, 0.15) is 12.8 Å². The number of hydrogen-bond acceptors (Lipinski definition) is 7. The van der Waals surface area contributed by atoms with E-state index in [2.05, 4.69) is 21.3 Å². The van der Waals surface area contributed by atoms with Gasteiger partial charge in [-0.2, -0.15) is 0 Å². The molecule has 9 heteroatoms. The predicted octanol–water partition coefficient (Wildman–Crippen LogP) is -3.35. The quantitative estimate of drug-likeness (QED) is 0.332. The fourth-order valence-electron chi connectivity index (χ4n) is 2.17. The number of carbonyl (C=O) groups is 2. The van der Waals surface area contributed by atoms with Gasteiger partial charge in [-0.05, 0) is 0 Å². The third-order valence-corrected chi connectivity index (χ3v) is 2.97. The minimum absolute atomic E-state index is 0.0439. The second-order valence-electron chi connectivity index (χ2n) is 4.44. The fraction of sp³-hybridized carbons (Fsp3) is 0.800. The number of amides is 2. The van der Waals surface area contributed by atoms with Crippen LogP contribution < -0.4 is 21.3 Å². The van der Waals surface area contributed by atoms with E-state index in [4.69, 9.17) is 9.84 Å². The summed E-state index contributed by atoms with van der Waals surface area (Å²) in [5.41, 5.74) is 0. The second kappa shape index (κ2) is 6.26. The van der Waals surface area contributed by atoms with E-state index in [0.717, 1.165) is 0 Å². The average Bonchev–Trinajstić information content (AvgIpc) is 2.72. The first-order chi connectivity index (χ1) is 9.11. The van der Waals surface area contributed by atoms with Crippen LogP contribution in [0.1, 0.15) is 6.92 Å². The molecular weight excluding hydrogens is 254 g/mol. The molecule has 2 heterocycles. The Balaban J connectivity index is 1.93. The molecule has 0 aliphatic carbocycles. The molecule has 0 spiro atoms. The summed E-state index contributed by atoms with van der Waals surface area (Å²) in [7, 11) is 0. The van der Waals surface area contributed by atoms with Crippen molar-refractivity contribution in [2.75, 3.05) is 26.6 Å². The normalized spacial score (nSPS) is 30.8. The summed E-state index contributed by atoms with van der Waals surface area (Å²) in [6.45, 7) is 2.37. The molecule has 2 rings (SSSR count). The zero-order chi connectivity index (χ0) is 13.8. The van der Waals surface area contributed by atoms with E-state index in [1.54, 1.807) is 0 Å². The molecule has 5 N–H and O–H groups in total. The highest BCUT2D eigenvalue weighted by molar-refractivity contribution is 5.84. The third-order valence-electron chi connectivity index (χ3n) is 2.97. The van der Waals surface area contributed by atoms with E-state index in [-0.39, 0.29) is 37.2 Å². The van der Waals surface area contributed by atoms with Crippen molar-refractivity contribution in [3.8, 4) is 0 Å². The van der Waals surface area contributed by atoms with Gasteiger partial charge in [-0.3, -0.25) is 25.1 Å². The van der Waals surface area contributed by atoms with Gasteiger partial charge < -0.3 is 20.5 Å². The molecule has 3 unspecified atom stereocenters. The Labute approximate surface area is 110 Å². The van der Waals surface area contributed by atoms with Crippen LogP contribution in [0.5, 0.6) is 0 Å². The number of hydrogen-bond donors (Lipinski definition) is 5. The first-order valence-corrected chi connectivity index (χ1v) is 6.11. The summed E-state index contributed by atoms with van der Waals surface area (Å²) in [6.07, 6.45) is -0.851. The van der Waals surface area contributed by atoms with Gasteiger partial charge >= 0.3 is 0 Å². The maximum Gasteiger partial charge on any atom is 0.242 e. The maximum absolute atomic E-state index is 11.9. The average molecular weight is 273 g/mol.